The van der Waals surface area contributed by atoms with Crippen LogP contribution in [-0.4, -0.2) is 46.4 Å². The number of anilines is 1. The molecule has 0 aliphatic rings. The zero-order valence-electron chi connectivity index (χ0n) is 17.8. The molecule has 0 saturated carbocycles. The smallest absolute Gasteiger partial charge is 0.319 e. The summed E-state index contributed by atoms with van der Waals surface area (Å²) in [6.45, 7) is 4.91. The van der Waals surface area contributed by atoms with Gasteiger partial charge in [0.2, 0.25) is 5.91 Å². The molecule has 3 aromatic heterocycles. The van der Waals surface area contributed by atoms with Gasteiger partial charge in [0.25, 0.3) is 0 Å². The molecule has 1 aromatic carbocycles. The Morgan fingerprint density at radius 3 is 2.09 bits per heavy atom. The lowest BCUT2D eigenvalue weighted by Crippen LogP contribution is -2.41. The molecule has 9 heteroatoms. The third-order valence-corrected chi connectivity index (χ3v) is 4.95. The fraction of sp³-hybridized carbons (Fsp3) is 0.217. The monoisotopic (exact) mass is 433 g/mol. The molecule has 0 fully saturated rings. The van der Waals surface area contributed by atoms with E-state index in [1.165, 1.54) is 0 Å². The van der Waals surface area contributed by atoms with Crippen LogP contribution in [0.1, 0.15) is 13.8 Å². The summed E-state index contributed by atoms with van der Waals surface area (Å²) in [4.78, 5) is 35.4. The molecule has 32 heavy (non-hydrogen) atoms. The maximum atomic E-state index is 12.3. The SMILES string of the molecule is CCN(CC)C(=O)CNC(=O)Nc1ccc2nc(-c3ccco3)c(-c3ccco3)nc2c1. The van der Waals surface area contributed by atoms with Gasteiger partial charge in [-0.05, 0) is 56.3 Å². The quantitative estimate of drug-likeness (QED) is 0.453. The van der Waals surface area contributed by atoms with Crippen LogP contribution in [0.3, 0.4) is 0 Å². The van der Waals surface area contributed by atoms with Gasteiger partial charge in [-0.15, -0.1) is 0 Å². The van der Waals surface area contributed by atoms with E-state index in [1.807, 2.05) is 19.9 Å². The van der Waals surface area contributed by atoms with Crippen molar-refractivity contribution >= 4 is 28.7 Å². The second-order valence-corrected chi connectivity index (χ2v) is 6.95. The van der Waals surface area contributed by atoms with Crippen LogP contribution in [0.2, 0.25) is 0 Å². The number of carbonyl (C=O) groups excluding carboxylic acids is 2. The van der Waals surface area contributed by atoms with E-state index in [2.05, 4.69) is 10.6 Å². The van der Waals surface area contributed by atoms with Gasteiger partial charge in [-0.25, -0.2) is 14.8 Å². The number of aromatic nitrogens is 2. The summed E-state index contributed by atoms with van der Waals surface area (Å²) in [5.41, 5.74) is 2.82. The van der Waals surface area contributed by atoms with Crippen molar-refractivity contribution in [3.8, 4) is 22.9 Å². The molecular weight excluding hydrogens is 410 g/mol. The molecule has 0 spiro atoms. The Morgan fingerprint density at radius 2 is 1.53 bits per heavy atom. The van der Waals surface area contributed by atoms with E-state index in [0.717, 1.165) is 0 Å². The zero-order chi connectivity index (χ0) is 22.5. The molecule has 0 saturated heterocycles. The number of fused-ring (bicyclic) bond motifs is 1. The van der Waals surface area contributed by atoms with Crippen LogP contribution in [0.25, 0.3) is 33.9 Å². The molecule has 0 aliphatic carbocycles. The fourth-order valence-electron chi connectivity index (χ4n) is 3.32. The Balaban J connectivity index is 1.57. The van der Waals surface area contributed by atoms with Crippen LogP contribution in [0.5, 0.6) is 0 Å². The third-order valence-electron chi connectivity index (χ3n) is 4.95. The van der Waals surface area contributed by atoms with E-state index in [4.69, 9.17) is 18.8 Å². The molecule has 4 aromatic rings. The minimum Gasteiger partial charge on any atom is -0.463 e. The maximum Gasteiger partial charge on any atom is 0.319 e. The van der Waals surface area contributed by atoms with Gasteiger partial charge in [0.15, 0.2) is 11.5 Å². The number of amides is 3. The number of nitrogens with one attached hydrogen (secondary N) is 2. The van der Waals surface area contributed by atoms with Crippen molar-refractivity contribution < 1.29 is 18.4 Å². The van der Waals surface area contributed by atoms with Crippen LogP contribution in [0.4, 0.5) is 10.5 Å². The fourth-order valence-corrected chi connectivity index (χ4v) is 3.32. The molecule has 3 heterocycles. The number of furan rings is 2. The van der Waals surface area contributed by atoms with Crippen LogP contribution in [-0.2, 0) is 4.79 Å². The molecule has 0 bridgehead atoms. The Labute approximate surface area is 184 Å². The van der Waals surface area contributed by atoms with Crippen molar-refractivity contribution in [3.05, 3.63) is 55.0 Å². The van der Waals surface area contributed by atoms with E-state index in [9.17, 15) is 9.59 Å². The zero-order valence-corrected chi connectivity index (χ0v) is 17.8. The minimum absolute atomic E-state index is 0.0734. The summed E-state index contributed by atoms with van der Waals surface area (Å²) in [6, 6.07) is 11.9. The van der Waals surface area contributed by atoms with E-state index < -0.39 is 6.03 Å². The molecular formula is C23H23N5O4. The maximum absolute atomic E-state index is 12.3. The average Bonchev–Trinajstić information content (AvgIpc) is 3.52. The summed E-state index contributed by atoms with van der Waals surface area (Å²) in [5, 5.41) is 5.32. The third kappa shape index (κ3) is 4.46. The number of carbonyl (C=O) groups is 2. The Bertz CT molecular complexity index is 1210. The average molecular weight is 433 g/mol. The molecule has 0 aliphatic heterocycles. The highest BCUT2D eigenvalue weighted by Crippen LogP contribution is 2.32. The van der Waals surface area contributed by atoms with E-state index in [-0.39, 0.29) is 12.5 Å². The van der Waals surface area contributed by atoms with Crippen LogP contribution >= 0.6 is 0 Å². The molecule has 0 unspecified atom stereocenters. The highest BCUT2D eigenvalue weighted by Gasteiger charge is 2.18. The topological polar surface area (TPSA) is 114 Å². The molecule has 9 nitrogen and oxygen atoms in total. The number of benzene rings is 1. The lowest BCUT2D eigenvalue weighted by atomic mass is 10.1. The second-order valence-electron chi connectivity index (χ2n) is 6.95. The van der Waals surface area contributed by atoms with Crippen molar-refractivity contribution in [3.63, 3.8) is 0 Å². The van der Waals surface area contributed by atoms with Gasteiger partial charge < -0.3 is 24.4 Å². The summed E-state index contributed by atoms with van der Waals surface area (Å²) in [5.74, 6) is 0.991. The first kappa shape index (κ1) is 21.1. The summed E-state index contributed by atoms with van der Waals surface area (Å²) < 4.78 is 11.1. The number of hydrogen-bond donors (Lipinski definition) is 2. The van der Waals surface area contributed by atoms with E-state index >= 15 is 0 Å². The highest BCUT2D eigenvalue weighted by molar-refractivity contribution is 5.94. The van der Waals surface area contributed by atoms with Gasteiger partial charge >= 0.3 is 6.03 Å². The van der Waals surface area contributed by atoms with Gasteiger partial charge in [-0.2, -0.15) is 0 Å². The second kappa shape index (κ2) is 9.34. The first-order valence-corrected chi connectivity index (χ1v) is 10.3. The van der Waals surface area contributed by atoms with Crippen molar-refractivity contribution in [2.75, 3.05) is 25.0 Å². The normalized spacial score (nSPS) is 10.8. The number of nitrogens with zero attached hydrogens (tertiary/aromatic N) is 3. The Kier molecular flexibility index (Phi) is 6.16. The van der Waals surface area contributed by atoms with Crippen molar-refractivity contribution in [2.45, 2.75) is 13.8 Å². The number of hydrogen-bond acceptors (Lipinski definition) is 6. The van der Waals surface area contributed by atoms with Crippen molar-refractivity contribution in [1.82, 2.24) is 20.2 Å². The lowest BCUT2D eigenvalue weighted by molar-refractivity contribution is -0.129. The molecule has 3 amide bonds. The number of urea groups is 1. The number of rotatable bonds is 7. The van der Waals surface area contributed by atoms with E-state index in [1.54, 1.807) is 53.8 Å². The van der Waals surface area contributed by atoms with Gasteiger partial charge in [0.05, 0.1) is 30.1 Å². The largest absolute Gasteiger partial charge is 0.463 e. The number of likely N-dealkylation sites (N-methyl/N-ethyl adjacent to an activating group) is 1. The first-order valence-electron chi connectivity index (χ1n) is 10.3. The van der Waals surface area contributed by atoms with Gasteiger partial charge in [0.1, 0.15) is 11.4 Å². The van der Waals surface area contributed by atoms with E-state index in [0.29, 0.717) is 52.7 Å². The standard InChI is InChI=1S/C23H23N5O4/c1-3-28(4-2)20(29)14-24-23(30)25-15-9-10-16-17(13-15)27-22(19-8-6-12-32-19)21(26-16)18-7-5-11-31-18/h5-13H,3-4,14H2,1-2H3,(H2,24,25,30). The summed E-state index contributed by atoms with van der Waals surface area (Å²) in [7, 11) is 0. The van der Waals surface area contributed by atoms with Crippen molar-refractivity contribution in [2.24, 2.45) is 0 Å². The van der Waals surface area contributed by atoms with Gasteiger partial charge in [-0.3, -0.25) is 4.79 Å². The molecule has 164 valence electrons. The predicted molar refractivity (Wildman–Crippen MR) is 120 cm³/mol. The van der Waals surface area contributed by atoms with Gasteiger partial charge in [-0.1, -0.05) is 0 Å². The van der Waals surface area contributed by atoms with Crippen molar-refractivity contribution in [1.29, 1.82) is 0 Å². The molecule has 2 N–H and O–H groups in total. The molecule has 0 atom stereocenters. The first-order chi connectivity index (χ1) is 15.6. The van der Waals surface area contributed by atoms with Crippen LogP contribution in [0, 0.1) is 0 Å². The Morgan fingerprint density at radius 1 is 0.906 bits per heavy atom. The molecule has 0 radical (unpaired) electrons. The highest BCUT2D eigenvalue weighted by atomic mass is 16.3. The minimum atomic E-state index is -0.476. The van der Waals surface area contributed by atoms with Gasteiger partial charge in [0, 0.05) is 18.8 Å². The predicted octanol–water partition coefficient (Wildman–Crippen LogP) is 4.14. The van der Waals surface area contributed by atoms with Crippen LogP contribution < -0.4 is 10.6 Å². The lowest BCUT2D eigenvalue weighted by Gasteiger charge is -2.18. The summed E-state index contributed by atoms with van der Waals surface area (Å²) in [6.07, 6.45) is 3.14. The molecule has 4 rings (SSSR count). The Hall–Kier alpha value is -4.14. The summed E-state index contributed by atoms with van der Waals surface area (Å²) >= 11 is 0. The van der Waals surface area contributed by atoms with Crippen LogP contribution in [0.15, 0.2) is 63.8 Å².